The topological polar surface area (TPSA) is 95.5 Å². The molecule has 0 radical (unpaired) electrons. The summed E-state index contributed by atoms with van der Waals surface area (Å²) in [6.07, 6.45) is 6.51. The number of aliphatic hydroxyl groups excluding tert-OH is 1. The molecule has 0 spiro atoms. The third-order valence-electron chi connectivity index (χ3n) is 6.18. The molecule has 0 unspecified atom stereocenters. The molecule has 8 nitrogen and oxygen atoms in total. The minimum atomic E-state index is -0.960. The van der Waals surface area contributed by atoms with E-state index in [1.54, 1.807) is 33.5 Å². The number of aliphatic hydroxyl groups is 1. The molecule has 33 heavy (non-hydrogen) atoms. The van der Waals surface area contributed by atoms with Crippen LogP contribution in [0.25, 0.3) is 5.57 Å². The number of hydrogen-bond acceptors (Lipinski definition) is 7. The summed E-state index contributed by atoms with van der Waals surface area (Å²) >= 11 is 0. The predicted octanol–water partition coefficient (Wildman–Crippen LogP) is 2.54. The van der Waals surface area contributed by atoms with Gasteiger partial charge in [0.1, 0.15) is 18.0 Å². The Bertz CT molecular complexity index is 1000. The van der Waals surface area contributed by atoms with Gasteiger partial charge in [-0.1, -0.05) is 6.08 Å². The van der Waals surface area contributed by atoms with E-state index in [1.165, 1.54) is 6.92 Å². The van der Waals surface area contributed by atoms with E-state index in [1.807, 2.05) is 12.1 Å². The molecule has 1 saturated heterocycles. The maximum Gasteiger partial charge on any atom is 0.217 e. The number of methoxy groups -OCH3 is 3. The molecule has 1 aromatic carbocycles. The smallest absolute Gasteiger partial charge is 0.217 e. The number of ether oxygens (including phenoxy) is 5. The molecule has 178 valence electrons. The fourth-order valence-electron chi connectivity index (χ4n) is 4.69. The van der Waals surface area contributed by atoms with Crippen LogP contribution in [0, 0.1) is 0 Å². The summed E-state index contributed by atoms with van der Waals surface area (Å²) in [4.78, 5) is 12.0. The molecule has 0 bridgehead atoms. The molecule has 1 aromatic rings. The molecule has 2 N–H and O–H groups in total. The van der Waals surface area contributed by atoms with Crippen LogP contribution in [-0.2, 0) is 20.7 Å². The third-order valence-corrected chi connectivity index (χ3v) is 6.18. The number of hydrogen-bond donors (Lipinski definition) is 2. The van der Waals surface area contributed by atoms with E-state index >= 15 is 0 Å². The second kappa shape index (κ2) is 9.89. The zero-order valence-electron chi connectivity index (χ0n) is 19.5. The fraction of sp³-hybridized carbons (Fsp3) is 0.480. The first-order valence-corrected chi connectivity index (χ1v) is 11.1. The van der Waals surface area contributed by atoms with E-state index in [-0.39, 0.29) is 18.1 Å². The van der Waals surface area contributed by atoms with E-state index in [9.17, 15) is 9.90 Å². The quantitative estimate of drug-likeness (QED) is 0.678. The van der Waals surface area contributed by atoms with Gasteiger partial charge in [-0.25, -0.2) is 0 Å². The second-order valence-electron chi connectivity index (χ2n) is 8.29. The highest BCUT2D eigenvalue weighted by atomic mass is 16.6. The number of nitrogens with one attached hydrogen (secondary N) is 1. The number of amides is 1. The van der Waals surface area contributed by atoms with Gasteiger partial charge in [-0.2, -0.15) is 0 Å². The first-order valence-electron chi connectivity index (χ1n) is 11.1. The van der Waals surface area contributed by atoms with Crippen LogP contribution in [0.4, 0.5) is 0 Å². The van der Waals surface area contributed by atoms with Crippen molar-refractivity contribution in [2.45, 2.75) is 44.4 Å². The van der Waals surface area contributed by atoms with Gasteiger partial charge in [-0.15, -0.1) is 0 Å². The van der Waals surface area contributed by atoms with Crippen molar-refractivity contribution in [3.05, 3.63) is 46.8 Å². The Hall–Kier alpha value is -2.97. The molecule has 1 aliphatic heterocycles. The maximum atomic E-state index is 12.0. The number of rotatable bonds is 6. The molecule has 4 rings (SSSR count). The maximum absolute atomic E-state index is 12.0. The Kier molecular flexibility index (Phi) is 6.95. The average molecular weight is 458 g/mol. The van der Waals surface area contributed by atoms with Crippen LogP contribution < -0.4 is 19.5 Å². The average Bonchev–Trinajstić information content (AvgIpc) is 3.21. The van der Waals surface area contributed by atoms with Crippen molar-refractivity contribution in [2.24, 2.45) is 0 Å². The van der Waals surface area contributed by atoms with Gasteiger partial charge >= 0.3 is 0 Å². The SMILES string of the molecule is COc1cc2c(c(OC)c1OC)C1=CC=C(O[C@H]3CCOC3)[C@@H](O)C=C1[C@@H](NC(C)=O)CC2. The van der Waals surface area contributed by atoms with E-state index in [2.05, 4.69) is 5.32 Å². The zero-order valence-corrected chi connectivity index (χ0v) is 19.5. The Morgan fingerprint density at radius 1 is 1.12 bits per heavy atom. The second-order valence-corrected chi connectivity index (χ2v) is 8.29. The monoisotopic (exact) mass is 457 g/mol. The lowest BCUT2D eigenvalue weighted by Gasteiger charge is -2.23. The third kappa shape index (κ3) is 4.58. The van der Waals surface area contributed by atoms with Gasteiger partial charge in [-0.3, -0.25) is 4.79 Å². The molecule has 0 saturated carbocycles. The van der Waals surface area contributed by atoms with E-state index in [4.69, 9.17) is 23.7 Å². The summed E-state index contributed by atoms with van der Waals surface area (Å²) in [5, 5.41) is 14.1. The molecular weight excluding hydrogens is 426 g/mol. The van der Waals surface area contributed by atoms with E-state index in [0.717, 1.165) is 28.7 Å². The summed E-state index contributed by atoms with van der Waals surface area (Å²) < 4.78 is 28.5. The Balaban J connectivity index is 1.88. The molecule has 0 aromatic heterocycles. The van der Waals surface area contributed by atoms with Gasteiger partial charge < -0.3 is 34.1 Å². The van der Waals surface area contributed by atoms with Crippen LogP contribution >= 0.6 is 0 Å². The molecule has 3 atom stereocenters. The van der Waals surface area contributed by atoms with Gasteiger partial charge in [0.15, 0.2) is 11.5 Å². The normalized spacial score (nSPS) is 24.2. The number of carbonyl (C=O) groups is 1. The Morgan fingerprint density at radius 3 is 2.55 bits per heavy atom. The highest BCUT2D eigenvalue weighted by Crippen LogP contribution is 2.49. The van der Waals surface area contributed by atoms with E-state index in [0.29, 0.717) is 49.1 Å². The zero-order chi connectivity index (χ0) is 23.5. The number of fused-ring (bicyclic) bond motifs is 3. The van der Waals surface area contributed by atoms with Crippen molar-refractivity contribution in [1.29, 1.82) is 0 Å². The number of carbonyl (C=O) groups excluding carboxylic acids is 1. The summed E-state index contributed by atoms with van der Waals surface area (Å²) in [6, 6.07) is 1.66. The van der Waals surface area contributed by atoms with Crippen molar-refractivity contribution >= 4 is 11.5 Å². The van der Waals surface area contributed by atoms with Gasteiger partial charge in [0.25, 0.3) is 0 Å². The van der Waals surface area contributed by atoms with Crippen LogP contribution in [0.1, 0.15) is 30.9 Å². The van der Waals surface area contributed by atoms with Crippen molar-refractivity contribution in [1.82, 2.24) is 5.32 Å². The van der Waals surface area contributed by atoms with Crippen molar-refractivity contribution in [3.63, 3.8) is 0 Å². The standard InChI is InChI=1S/C25H31NO7/c1-14(27)26-19-7-5-15-11-22(29-2)24(30-3)25(31-4)23(15)17-6-8-21(20(28)12-18(17)19)33-16-9-10-32-13-16/h6,8,11-12,16,19-20,28H,5,7,9-10,13H2,1-4H3,(H,26,27)/t16-,19-,20-/m0/s1. The number of allylic oxidation sites excluding steroid dienone is 2. The van der Waals surface area contributed by atoms with Crippen molar-refractivity contribution < 1.29 is 33.6 Å². The summed E-state index contributed by atoms with van der Waals surface area (Å²) in [5.74, 6) is 1.92. The van der Waals surface area contributed by atoms with Crippen LogP contribution in [0.2, 0.25) is 0 Å². The lowest BCUT2D eigenvalue weighted by molar-refractivity contribution is -0.119. The van der Waals surface area contributed by atoms with Crippen LogP contribution in [0.3, 0.4) is 0 Å². The van der Waals surface area contributed by atoms with Crippen molar-refractivity contribution in [2.75, 3.05) is 34.5 Å². The summed E-state index contributed by atoms with van der Waals surface area (Å²) in [5.41, 5.74) is 3.49. The first kappa shape index (κ1) is 23.2. The molecule has 3 aliphatic rings. The molecule has 1 fully saturated rings. The van der Waals surface area contributed by atoms with Crippen LogP contribution in [-0.4, -0.2) is 63.8 Å². The highest BCUT2D eigenvalue weighted by Gasteiger charge is 2.33. The van der Waals surface area contributed by atoms with Gasteiger partial charge in [-0.05, 0) is 47.8 Å². The first-order chi connectivity index (χ1) is 16.0. The summed E-state index contributed by atoms with van der Waals surface area (Å²) in [6.45, 7) is 2.64. The van der Waals surface area contributed by atoms with E-state index < -0.39 is 6.10 Å². The lowest BCUT2D eigenvalue weighted by atomic mass is 9.91. The van der Waals surface area contributed by atoms with Crippen molar-refractivity contribution in [3.8, 4) is 17.2 Å². The number of benzene rings is 1. The lowest BCUT2D eigenvalue weighted by Crippen LogP contribution is -2.35. The Labute approximate surface area is 193 Å². The molecule has 1 amide bonds. The fourth-order valence-corrected chi connectivity index (χ4v) is 4.69. The minimum absolute atomic E-state index is 0.0945. The Morgan fingerprint density at radius 2 is 1.91 bits per heavy atom. The van der Waals surface area contributed by atoms with Gasteiger partial charge in [0.2, 0.25) is 11.7 Å². The van der Waals surface area contributed by atoms with Crippen LogP contribution in [0.15, 0.2) is 35.6 Å². The molecule has 8 heteroatoms. The van der Waals surface area contributed by atoms with Gasteiger partial charge in [0, 0.05) is 18.9 Å². The van der Waals surface area contributed by atoms with Crippen LogP contribution in [0.5, 0.6) is 17.2 Å². The molecular formula is C25H31NO7. The predicted molar refractivity (Wildman–Crippen MR) is 122 cm³/mol. The molecule has 2 aliphatic carbocycles. The minimum Gasteiger partial charge on any atom is -0.493 e. The highest BCUT2D eigenvalue weighted by molar-refractivity contribution is 5.90. The summed E-state index contributed by atoms with van der Waals surface area (Å²) in [7, 11) is 4.75. The molecule has 1 heterocycles. The largest absolute Gasteiger partial charge is 0.493 e. The van der Waals surface area contributed by atoms with Gasteiger partial charge in [0.05, 0.1) is 40.6 Å². The number of aryl methyl sites for hydroxylation is 1.